The summed E-state index contributed by atoms with van der Waals surface area (Å²) in [5.74, 6) is -1.32. The lowest BCUT2D eigenvalue weighted by atomic mass is 9.94. The van der Waals surface area contributed by atoms with Crippen molar-refractivity contribution in [3.8, 4) is 0 Å². The van der Waals surface area contributed by atoms with Crippen molar-refractivity contribution in [3.05, 3.63) is 35.4 Å². The Morgan fingerprint density at radius 1 is 1.29 bits per heavy atom. The van der Waals surface area contributed by atoms with Gasteiger partial charge in [0.1, 0.15) is 11.2 Å². The fourth-order valence-corrected chi connectivity index (χ4v) is 2.59. The van der Waals surface area contributed by atoms with Crippen molar-refractivity contribution in [2.75, 3.05) is 6.61 Å². The number of ether oxygens (including phenoxy) is 1. The minimum atomic E-state index is -4.40. The topological polar surface area (TPSA) is 43.4 Å². The van der Waals surface area contributed by atoms with Crippen molar-refractivity contribution in [2.45, 2.75) is 32.4 Å². The van der Waals surface area contributed by atoms with E-state index in [1.807, 2.05) is 0 Å². The molecule has 0 aliphatic heterocycles. The van der Waals surface area contributed by atoms with Gasteiger partial charge in [0, 0.05) is 5.92 Å². The van der Waals surface area contributed by atoms with E-state index >= 15 is 0 Å². The van der Waals surface area contributed by atoms with Gasteiger partial charge in [-0.3, -0.25) is 9.59 Å². The van der Waals surface area contributed by atoms with Gasteiger partial charge in [-0.15, -0.1) is 0 Å². The molecule has 1 saturated carbocycles. The van der Waals surface area contributed by atoms with E-state index in [2.05, 4.69) is 0 Å². The number of halogens is 3. The first-order valence-electron chi connectivity index (χ1n) is 6.59. The highest BCUT2D eigenvalue weighted by molar-refractivity contribution is 6.07. The largest absolute Gasteiger partial charge is 0.465 e. The molecule has 3 nitrogen and oxygen atoms in total. The summed E-state index contributed by atoms with van der Waals surface area (Å²) >= 11 is 0. The zero-order valence-corrected chi connectivity index (χ0v) is 11.7. The number of carbonyl (C=O) groups excluding carboxylic acids is 2. The van der Waals surface area contributed by atoms with Crippen LogP contribution in [0.4, 0.5) is 13.2 Å². The summed E-state index contributed by atoms with van der Waals surface area (Å²) in [4.78, 5) is 23.7. The van der Waals surface area contributed by atoms with Crippen molar-refractivity contribution in [1.82, 2.24) is 0 Å². The Bertz CT molecular complexity index is 563. The summed E-state index contributed by atoms with van der Waals surface area (Å²) in [6.45, 7) is 3.11. The maximum Gasteiger partial charge on any atom is 0.416 e. The van der Waals surface area contributed by atoms with Gasteiger partial charge in [-0.2, -0.15) is 13.2 Å². The summed E-state index contributed by atoms with van der Waals surface area (Å²) in [5, 5.41) is 0. The van der Waals surface area contributed by atoms with Crippen LogP contribution in [-0.2, 0) is 20.5 Å². The zero-order chi connectivity index (χ0) is 15.8. The van der Waals surface area contributed by atoms with E-state index in [4.69, 9.17) is 4.74 Å². The van der Waals surface area contributed by atoms with E-state index in [1.54, 1.807) is 6.92 Å². The van der Waals surface area contributed by atoms with Crippen LogP contribution in [0.1, 0.15) is 37.3 Å². The first kappa shape index (κ1) is 15.5. The fourth-order valence-electron chi connectivity index (χ4n) is 2.59. The summed E-state index contributed by atoms with van der Waals surface area (Å²) in [6.07, 6.45) is -4.12. The number of hydrogen-bond acceptors (Lipinski definition) is 3. The number of alkyl halides is 3. The second-order valence-corrected chi connectivity index (χ2v) is 5.12. The molecule has 114 valence electrons. The van der Waals surface area contributed by atoms with Crippen LogP contribution in [0.3, 0.4) is 0 Å². The number of benzene rings is 1. The van der Waals surface area contributed by atoms with E-state index < -0.39 is 29.0 Å². The Balaban J connectivity index is 2.24. The molecule has 6 heteroatoms. The number of carbonyl (C=O) groups is 2. The number of esters is 1. The minimum Gasteiger partial charge on any atom is -0.465 e. The summed E-state index contributed by atoms with van der Waals surface area (Å²) in [6, 6.07) is 4.56. The van der Waals surface area contributed by atoms with Crippen molar-refractivity contribution in [1.29, 1.82) is 0 Å². The van der Waals surface area contributed by atoms with Gasteiger partial charge < -0.3 is 4.74 Å². The zero-order valence-electron chi connectivity index (χ0n) is 11.7. The molecule has 0 amide bonds. The van der Waals surface area contributed by atoms with Crippen LogP contribution >= 0.6 is 0 Å². The highest BCUT2D eigenvalue weighted by Gasteiger charge is 2.65. The lowest BCUT2D eigenvalue weighted by molar-refractivity contribution is -0.153. The quantitative estimate of drug-likeness (QED) is 0.633. The Labute approximate surface area is 120 Å². The first-order valence-corrected chi connectivity index (χ1v) is 6.59. The third-order valence-electron chi connectivity index (χ3n) is 3.87. The first-order chi connectivity index (χ1) is 9.73. The van der Waals surface area contributed by atoms with E-state index in [-0.39, 0.29) is 18.8 Å². The Kier molecular flexibility index (Phi) is 3.82. The van der Waals surface area contributed by atoms with Crippen molar-refractivity contribution in [2.24, 2.45) is 5.41 Å². The van der Waals surface area contributed by atoms with E-state index in [0.29, 0.717) is 5.56 Å². The summed E-state index contributed by atoms with van der Waals surface area (Å²) in [7, 11) is 0. The Morgan fingerprint density at radius 2 is 1.86 bits per heavy atom. The van der Waals surface area contributed by atoms with Gasteiger partial charge in [-0.05, 0) is 38.0 Å². The van der Waals surface area contributed by atoms with Gasteiger partial charge in [0.15, 0.2) is 0 Å². The second kappa shape index (κ2) is 5.16. The number of hydrogen-bond donors (Lipinski definition) is 0. The molecule has 1 fully saturated rings. The van der Waals surface area contributed by atoms with Gasteiger partial charge >= 0.3 is 12.1 Å². The molecule has 2 atom stereocenters. The molecule has 0 aromatic heterocycles. The summed E-state index contributed by atoms with van der Waals surface area (Å²) in [5.41, 5.74) is -1.43. The Morgan fingerprint density at radius 3 is 2.29 bits per heavy atom. The predicted molar refractivity (Wildman–Crippen MR) is 68.5 cm³/mol. The fraction of sp³-hybridized carbons (Fsp3) is 0.467. The smallest absolute Gasteiger partial charge is 0.416 e. The number of Topliss-reactive ketones (excluding diaryl/α,β-unsaturated/α-hetero) is 1. The molecule has 1 aliphatic carbocycles. The Hall–Kier alpha value is -1.85. The van der Waals surface area contributed by atoms with Crippen molar-refractivity contribution < 1.29 is 27.5 Å². The molecule has 2 unspecified atom stereocenters. The van der Waals surface area contributed by atoms with E-state index in [1.165, 1.54) is 19.1 Å². The highest BCUT2D eigenvalue weighted by Crippen LogP contribution is 2.60. The van der Waals surface area contributed by atoms with Crippen LogP contribution in [0.2, 0.25) is 0 Å². The second-order valence-electron chi connectivity index (χ2n) is 5.12. The average Bonchev–Trinajstić information content (AvgIpc) is 3.15. The molecule has 21 heavy (non-hydrogen) atoms. The number of rotatable bonds is 4. The van der Waals surface area contributed by atoms with Crippen LogP contribution in [0.5, 0.6) is 0 Å². The van der Waals surface area contributed by atoms with Gasteiger partial charge in [0.25, 0.3) is 0 Å². The lowest BCUT2D eigenvalue weighted by Crippen LogP contribution is -2.27. The maximum absolute atomic E-state index is 12.5. The highest BCUT2D eigenvalue weighted by atomic mass is 19.4. The molecule has 0 spiro atoms. The van der Waals surface area contributed by atoms with Crippen molar-refractivity contribution in [3.63, 3.8) is 0 Å². The molecule has 0 bridgehead atoms. The SMILES string of the molecule is CCOC(=O)C1(C(C)=O)CC1c1ccc(C(F)(F)F)cc1. The lowest BCUT2D eigenvalue weighted by Gasteiger charge is -2.13. The monoisotopic (exact) mass is 300 g/mol. The third kappa shape index (κ3) is 2.66. The van der Waals surface area contributed by atoms with Crippen LogP contribution in [0.25, 0.3) is 0 Å². The average molecular weight is 300 g/mol. The standard InChI is InChI=1S/C15H15F3O3/c1-3-21-13(20)14(9(2)19)8-12(14)10-4-6-11(7-5-10)15(16,17)18/h4-7,12H,3,8H2,1-2H3. The van der Waals surface area contributed by atoms with Crippen LogP contribution < -0.4 is 0 Å². The van der Waals surface area contributed by atoms with Crippen LogP contribution in [0, 0.1) is 5.41 Å². The molecule has 0 saturated heterocycles. The molecular formula is C15H15F3O3. The molecule has 1 aliphatic rings. The molecule has 0 heterocycles. The van der Waals surface area contributed by atoms with Crippen LogP contribution in [0.15, 0.2) is 24.3 Å². The normalized spacial score (nSPS) is 24.5. The minimum absolute atomic E-state index is 0.160. The van der Waals surface area contributed by atoms with E-state index in [9.17, 15) is 22.8 Å². The van der Waals surface area contributed by atoms with Gasteiger partial charge in [-0.1, -0.05) is 12.1 Å². The van der Waals surface area contributed by atoms with Gasteiger partial charge in [0.2, 0.25) is 0 Å². The van der Waals surface area contributed by atoms with Crippen LogP contribution in [-0.4, -0.2) is 18.4 Å². The maximum atomic E-state index is 12.5. The predicted octanol–water partition coefficient (Wildman–Crippen LogP) is 3.33. The van der Waals surface area contributed by atoms with E-state index in [0.717, 1.165) is 12.1 Å². The molecule has 2 rings (SSSR count). The number of ketones is 1. The summed E-state index contributed by atoms with van der Waals surface area (Å²) < 4.78 is 42.5. The van der Waals surface area contributed by atoms with Crippen molar-refractivity contribution >= 4 is 11.8 Å². The molecule has 0 N–H and O–H groups in total. The third-order valence-corrected chi connectivity index (χ3v) is 3.87. The molecule has 0 radical (unpaired) electrons. The van der Waals surface area contributed by atoms with Gasteiger partial charge in [0.05, 0.1) is 12.2 Å². The van der Waals surface area contributed by atoms with Gasteiger partial charge in [-0.25, -0.2) is 0 Å². The molecule has 1 aromatic rings. The molecule has 1 aromatic carbocycles. The molecular weight excluding hydrogens is 285 g/mol.